The first-order chi connectivity index (χ1) is 12.9. The van der Waals surface area contributed by atoms with E-state index in [1.165, 1.54) is 12.0 Å². The Morgan fingerprint density at radius 1 is 1.00 bits per heavy atom. The van der Waals surface area contributed by atoms with Crippen molar-refractivity contribution in [3.05, 3.63) is 59.7 Å². The van der Waals surface area contributed by atoms with Gasteiger partial charge < -0.3 is 14.4 Å². The number of anilines is 1. The molecule has 6 nitrogen and oxygen atoms in total. The molecule has 0 spiro atoms. The highest BCUT2D eigenvalue weighted by molar-refractivity contribution is 6.00. The quantitative estimate of drug-likeness (QED) is 0.528. The number of hydrogen-bond donors (Lipinski definition) is 0. The van der Waals surface area contributed by atoms with E-state index in [0.717, 1.165) is 5.56 Å². The number of esters is 1. The van der Waals surface area contributed by atoms with Gasteiger partial charge in [-0.2, -0.15) is 0 Å². The van der Waals surface area contributed by atoms with Crippen LogP contribution in [0.1, 0.15) is 28.8 Å². The van der Waals surface area contributed by atoms with Gasteiger partial charge >= 0.3 is 5.97 Å². The van der Waals surface area contributed by atoms with Crippen LogP contribution in [0.3, 0.4) is 0 Å². The summed E-state index contributed by atoms with van der Waals surface area (Å²) in [7, 11) is 3.10. The third-order valence-electron chi connectivity index (χ3n) is 4.09. The van der Waals surface area contributed by atoms with Crippen molar-refractivity contribution in [1.82, 2.24) is 0 Å². The van der Waals surface area contributed by atoms with E-state index < -0.39 is 5.97 Å². The molecule has 0 heterocycles. The molecule has 0 saturated heterocycles. The molecule has 0 aliphatic heterocycles. The molecular weight excluding hydrogens is 346 g/mol. The van der Waals surface area contributed by atoms with Crippen LogP contribution in [0.15, 0.2) is 48.5 Å². The predicted molar refractivity (Wildman–Crippen MR) is 102 cm³/mol. The van der Waals surface area contributed by atoms with E-state index in [1.54, 1.807) is 31.3 Å². The molecule has 0 atom stereocenters. The van der Waals surface area contributed by atoms with Gasteiger partial charge in [0.2, 0.25) is 0 Å². The lowest BCUT2D eigenvalue weighted by atomic mass is 10.0. The van der Waals surface area contributed by atoms with E-state index in [4.69, 9.17) is 9.47 Å². The van der Waals surface area contributed by atoms with Crippen LogP contribution < -0.4 is 9.64 Å². The summed E-state index contributed by atoms with van der Waals surface area (Å²) >= 11 is 0. The molecular formula is C21H23NO5. The van der Waals surface area contributed by atoms with Gasteiger partial charge in [-0.05, 0) is 31.2 Å². The molecule has 0 aliphatic rings. The second-order valence-corrected chi connectivity index (χ2v) is 6.08. The summed E-state index contributed by atoms with van der Waals surface area (Å²) in [5, 5.41) is 0. The number of ether oxygens (including phenoxy) is 2. The average Bonchev–Trinajstić information content (AvgIpc) is 2.70. The highest BCUT2D eigenvalue weighted by Crippen LogP contribution is 2.21. The minimum Gasteiger partial charge on any atom is -0.496 e. The van der Waals surface area contributed by atoms with Gasteiger partial charge in [-0.25, -0.2) is 0 Å². The third-order valence-corrected chi connectivity index (χ3v) is 4.09. The number of carbonyl (C=O) groups excluding carboxylic acids is 3. The number of hydrogen-bond acceptors (Lipinski definition) is 5. The Labute approximate surface area is 158 Å². The zero-order valence-electron chi connectivity index (χ0n) is 15.7. The normalized spacial score (nSPS) is 10.2. The maximum Gasteiger partial charge on any atom is 0.306 e. The number of ketones is 1. The van der Waals surface area contributed by atoms with E-state index >= 15 is 0 Å². The second-order valence-electron chi connectivity index (χ2n) is 6.08. The fourth-order valence-corrected chi connectivity index (χ4v) is 2.50. The predicted octanol–water partition coefficient (Wildman–Crippen LogP) is 3.17. The fraction of sp³-hybridized carbons (Fsp3) is 0.286. The van der Waals surface area contributed by atoms with E-state index in [1.807, 2.05) is 31.2 Å². The van der Waals surface area contributed by atoms with Crippen LogP contribution in [0, 0.1) is 6.92 Å². The minimum absolute atomic E-state index is 0.0125. The molecule has 27 heavy (non-hydrogen) atoms. The molecule has 2 aromatic carbocycles. The number of nitrogens with zero attached hydrogens (tertiary/aromatic N) is 1. The zero-order valence-corrected chi connectivity index (χ0v) is 15.7. The molecule has 0 N–H and O–H groups in total. The zero-order chi connectivity index (χ0) is 19.8. The summed E-state index contributed by atoms with van der Waals surface area (Å²) in [6, 6.07) is 14.3. The lowest BCUT2D eigenvalue weighted by Crippen LogP contribution is -2.31. The van der Waals surface area contributed by atoms with Crippen molar-refractivity contribution < 1.29 is 23.9 Å². The van der Waals surface area contributed by atoms with Crippen molar-refractivity contribution in [2.45, 2.75) is 19.8 Å². The van der Waals surface area contributed by atoms with Gasteiger partial charge in [0.15, 0.2) is 12.4 Å². The lowest BCUT2D eigenvalue weighted by molar-refractivity contribution is -0.147. The van der Waals surface area contributed by atoms with Crippen molar-refractivity contribution in [3.8, 4) is 5.75 Å². The number of likely N-dealkylation sites (N-methyl/N-ethyl adjacent to an activating group) is 1. The summed E-state index contributed by atoms with van der Waals surface area (Å²) < 4.78 is 10.2. The summed E-state index contributed by atoms with van der Waals surface area (Å²) in [5.74, 6) is -0.676. The smallest absolute Gasteiger partial charge is 0.306 e. The van der Waals surface area contributed by atoms with E-state index in [0.29, 0.717) is 17.0 Å². The van der Waals surface area contributed by atoms with Crippen LogP contribution in [-0.2, 0) is 14.3 Å². The molecule has 0 unspecified atom stereocenters. The van der Waals surface area contributed by atoms with Crippen LogP contribution in [0.25, 0.3) is 0 Å². The second kappa shape index (κ2) is 9.52. The van der Waals surface area contributed by atoms with Crippen molar-refractivity contribution in [2.24, 2.45) is 0 Å². The Morgan fingerprint density at radius 2 is 1.70 bits per heavy atom. The van der Waals surface area contributed by atoms with Crippen LogP contribution >= 0.6 is 0 Å². The molecule has 0 bridgehead atoms. The molecule has 1 amide bonds. The Bertz CT molecular complexity index is 817. The molecule has 0 radical (unpaired) electrons. The number of para-hydroxylation sites is 1. The number of amides is 1. The van der Waals surface area contributed by atoms with Gasteiger partial charge in [0.25, 0.3) is 5.91 Å². The molecule has 6 heteroatoms. The van der Waals surface area contributed by atoms with E-state index in [-0.39, 0.29) is 31.1 Å². The van der Waals surface area contributed by atoms with Gasteiger partial charge in [0.1, 0.15) is 5.75 Å². The Balaban J connectivity index is 1.83. The van der Waals surface area contributed by atoms with Crippen LogP contribution in [0.2, 0.25) is 0 Å². The highest BCUT2D eigenvalue weighted by Gasteiger charge is 2.17. The van der Waals surface area contributed by atoms with Crippen molar-refractivity contribution in [3.63, 3.8) is 0 Å². The number of aryl methyl sites for hydroxylation is 1. The summed E-state index contributed by atoms with van der Waals surface area (Å²) in [6.45, 7) is 1.51. The van der Waals surface area contributed by atoms with Crippen LogP contribution in [0.5, 0.6) is 5.75 Å². The van der Waals surface area contributed by atoms with Gasteiger partial charge in [-0.3, -0.25) is 14.4 Å². The molecule has 142 valence electrons. The van der Waals surface area contributed by atoms with Gasteiger partial charge in [0, 0.05) is 19.2 Å². The average molecular weight is 369 g/mol. The first-order valence-corrected chi connectivity index (χ1v) is 8.57. The van der Waals surface area contributed by atoms with E-state index in [2.05, 4.69) is 0 Å². The summed E-state index contributed by atoms with van der Waals surface area (Å²) in [5.41, 5.74) is 2.07. The Hall–Kier alpha value is -3.15. The molecule has 2 rings (SSSR count). The van der Waals surface area contributed by atoms with Crippen LogP contribution in [-0.4, -0.2) is 38.4 Å². The van der Waals surface area contributed by atoms with Gasteiger partial charge in [-0.1, -0.05) is 29.8 Å². The van der Waals surface area contributed by atoms with Crippen molar-refractivity contribution >= 4 is 23.3 Å². The Kier molecular flexibility index (Phi) is 7.11. The number of benzene rings is 2. The number of carbonyl (C=O) groups is 3. The molecule has 0 aromatic heterocycles. The number of rotatable bonds is 8. The largest absolute Gasteiger partial charge is 0.496 e. The Morgan fingerprint density at radius 3 is 2.37 bits per heavy atom. The first-order valence-electron chi connectivity index (χ1n) is 8.57. The molecule has 0 aliphatic carbocycles. The van der Waals surface area contributed by atoms with Gasteiger partial charge in [0.05, 0.1) is 19.1 Å². The van der Waals surface area contributed by atoms with Crippen LogP contribution in [0.4, 0.5) is 5.69 Å². The highest BCUT2D eigenvalue weighted by atomic mass is 16.5. The van der Waals surface area contributed by atoms with Crippen molar-refractivity contribution in [1.29, 1.82) is 0 Å². The topological polar surface area (TPSA) is 72.9 Å². The van der Waals surface area contributed by atoms with Crippen molar-refractivity contribution in [2.75, 3.05) is 25.7 Å². The number of methoxy groups -OCH3 is 1. The maximum atomic E-state index is 12.3. The third kappa shape index (κ3) is 5.67. The SMILES string of the molecule is COc1ccc(C)cc1C(=O)CCC(=O)OCC(=O)N(C)c1ccccc1. The maximum absolute atomic E-state index is 12.3. The molecule has 2 aromatic rings. The summed E-state index contributed by atoms with van der Waals surface area (Å²) in [6.07, 6.45) is -0.111. The molecule has 0 fully saturated rings. The van der Waals surface area contributed by atoms with E-state index in [9.17, 15) is 14.4 Å². The lowest BCUT2D eigenvalue weighted by Gasteiger charge is -2.17. The van der Waals surface area contributed by atoms with Gasteiger partial charge in [-0.15, -0.1) is 0 Å². The molecule has 0 saturated carbocycles. The summed E-state index contributed by atoms with van der Waals surface area (Å²) in [4.78, 5) is 37.7. The monoisotopic (exact) mass is 369 g/mol. The fourth-order valence-electron chi connectivity index (χ4n) is 2.50. The number of Topliss-reactive ketones (excluding diaryl/α,β-unsaturated/α-hetero) is 1. The first kappa shape index (κ1) is 20.2. The standard InChI is InChI=1S/C21H23NO5/c1-15-9-11-19(26-3)17(13-15)18(23)10-12-21(25)27-14-20(24)22(2)16-7-5-4-6-8-16/h4-9,11,13H,10,12,14H2,1-3H3. The minimum atomic E-state index is -0.593.